The van der Waals surface area contributed by atoms with Gasteiger partial charge >= 0.3 is 17.9 Å². The Morgan fingerprint density at radius 3 is 2.32 bits per heavy atom. The Labute approximate surface area is 253 Å². The number of nitriles is 1. The van der Waals surface area contributed by atoms with E-state index in [4.69, 9.17) is 38.7 Å². The molecule has 240 valence electrons. The number of nitrogen functional groups attached to an aromatic ring is 1. The number of rotatable bonds is 15. The van der Waals surface area contributed by atoms with Crippen LogP contribution in [0.4, 0.5) is 5.82 Å². The lowest BCUT2D eigenvalue weighted by Crippen LogP contribution is -2.54. The normalized spacial score (nSPS) is 19.5. The first-order valence-electron chi connectivity index (χ1n) is 13.7. The van der Waals surface area contributed by atoms with Crippen molar-refractivity contribution in [2.75, 3.05) is 45.9 Å². The van der Waals surface area contributed by atoms with Gasteiger partial charge < -0.3 is 38.7 Å². The fraction of sp³-hybridized carbons (Fsp3) is 0.615. The molecule has 2 aliphatic heterocycles. The van der Waals surface area contributed by atoms with Gasteiger partial charge in [-0.15, -0.1) is 0 Å². The van der Waals surface area contributed by atoms with E-state index >= 15 is 0 Å². The second kappa shape index (κ2) is 14.4. The monoisotopic (exact) mass is 638 g/mol. The fourth-order valence-electron chi connectivity index (χ4n) is 4.24. The highest BCUT2D eigenvalue weighted by Gasteiger charge is 2.52. The second-order valence-electron chi connectivity index (χ2n) is 10.5. The topological polar surface area (TPSA) is 225 Å². The number of carbonyl (C=O) groups is 3. The number of nitrogens with two attached hydrogens (primary N) is 1. The molecule has 2 aromatic rings. The van der Waals surface area contributed by atoms with Crippen molar-refractivity contribution in [1.29, 1.82) is 5.26 Å². The Morgan fingerprint density at radius 2 is 1.77 bits per heavy atom. The molecule has 2 aromatic heterocycles. The molecule has 44 heavy (non-hydrogen) atoms. The van der Waals surface area contributed by atoms with Crippen LogP contribution in [0.5, 0.6) is 0 Å². The number of nitrogens with zero attached hydrogens (tertiary/aromatic N) is 4. The minimum atomic E-state index is -3.20. The summed E-state index contributed by atoms with van der Waals surface area (Å²) in [7, 11) is -2.04. The van der Waals surface area contributed by atoms with Crippen LogP contribution in [0.15, 0.2) is 18.5 Å². The van der Waals surface area contributed by atoms with Crippen LogP contribution >= 0.6 is 8.18 Å². The van der Waals surface area contributed by atoms with Gasteiger partial charge in [0, 0.05) is 7.11 Å². The summed E-state index contributed by atoms with van der Waals surface area (Å²) in [5.41, 5.74) is 4.33. The summed E-state index contributed by atoms with van der Waals surface area (Å²) in [5, 5.41) is 17.2. The van der Waals surface area contributed by atoms with Crippen LogP contribution in [0.1, 0.15) is 32.6 Å². The molecule has 4 heterocycles. The summed E-state index contributed by atoms with van der Waals surface area (Å²) < 4.78 is 52.4. The lowest BCUT2D eigenvalue weighted by molar-refractivity contribution is -0.208. The number of methoxy groups -OCH3 is 1. The van der Waals surface area contributed by atoms with Crippen molar-refractivity contribution in [3.63, 3.8) is 0 Å². The zero-order valence-corrected chi connectivity index (χ0v) is 25.6. The average molecular weight is 639 g/mol. The first-order valence-corrected chi connectivity index (χ1v) is 15.1. The van der Waals surface area contributed by atoms with E-state index in [1.165, 1.54) is 23.8 Å². The van der Waals surface area contributed by atoms with Gasteiger partial charge in [-0.3, -0.25) is 18.9 Å². The minimum absolute atomic E-state index is 0.0816. The van der Waals surface area contributed by atoms with Crippen molar-refractivity contribution in [2.45, 2.75) is 50.7 Å². The number of ether oxygens (including phenoxy) is 6. The molecule has 0 radical (unpaired) electrons. The first kappa shape index (κ1) is 33.2. The van der Waals surface area contributed by atoms with Crippen LogP contribution < -0.4 is 10.8 Å². The summed E-state index contributed by atoms with van der Waals surface area (Å²) in [4.78, 5) is 42.5. The third-order valence-electron chi connectivity index (χ3n) is 6.98. The number of nitrogens with one attached hydrogen (secondary N) is 1. The van der Waals surface area contributed by atoms with Gasteiger partial charge in [-0.2, -0.15) is 10.4 Å². The molecule has 18 heteroatoms. The highest BCUT2D eigenvalue weighted by molar-refractivity contribution is 7.36. The molecule has 0 amide bonds. The minimum Gasteiger partial charge on any atom is -0.462 e. The van der Waals surface area contributed by atoms with Crippen LogP contribution in [-0.4, -0.2) is 96.5 Å². The van der Waals surface area contributed by atoms with Crippen molar-refractivity contribution in [2.24, 2.45) is 11.8 Å². The average Bonchev–Trinajstić information content (AvgIpc) is 3.35. The van der Waals surface area contributed by atoms with Crippen LogP contribution in [-0.2, 0) is 51.9 Å². The fourth-order valence-corrected chi connectivity index (χ4v) is 5.14. The van der Waals surface area contributed by atoms with E-state index < -0.39 is 74.5 Å². The largest absolute Gasteiger partial charge is 0.462 e. The van der Waals surface area contributed by atoms with Crippen molar-refractivity contribution in [3.8, 4) is 6.07 Å². The SMILES string of the molecule is CO[C@](C#N)(CO[PH](=O)N[C@@H](C)C(=O)OC(C)C)[C@@H](OC(=O)C1COC1)[C@@H](OC(=O)C1COC1)c1ccc2c(N)ncnn12. The second-order valence-corrected chi connectivity index (χ2v) is 11.7. The maximum Gasteiger partial charge on any atom is 0.323 e. The van der Waals surface area contributed by atoms with Crippen molar-refractivity contribution in [1.82, 2.24) is 19.7 Å². The summed E-state index contributed by atoms with van der Waals surface area (Å²) in [6.45, 7) is 4.41. The molecule has 0 aliphatic carbocycles. The number of carbonyl (C=O) groups excluding carboxylic acids is 3. The summed E-state index contributed by atoms with van der Waals surface area (Å²) in [6.07, 6.45) is -2.42. The summed E-state index contributed by atoms with van der Waals surface area (Å²) in [5.74, 6) is -3.26. The van der Waals surface area contributed by atoms with Crippen molar-refractivity contribution in [3.05, 3.63) is 24.2 Å². The first-order chi connectivity index (χ1) is 21.0. The number of hydrogen-bond donors (Lipinski definition) is 2. The number of esters is 3. The summed E-state index contributed by atoms with van der Waals surface area (Å²) in [6, 6.07) is 4.03. The molecule has 0 spiro atoms. The zero-order valence-electron chi connectivity index (χ0n) is 24.6. The highest BCUT2D eigenvalue weighted by atomic mass is 31.1. The van der Waals surface area contributed by atoms with E-state index in [0.717, 1.165) is 7.11 Å². The molecule has 0 aromatic carbocycles. The zero-order chi connectivity index (χ0) is 32.0. The Morgan fingerprint density at radius 1 is 1.14 bits per heavy atom. The third-order valence-corrected chi connectivity index (χ3v) is 8.05. The van der Waals surface area contributed by atoms with Gasteiger partial charge in [0.15, 0.2) is 18.0 Å². The highest BCUT2D eigenvalue weighted by Crippen LogP contribution is 2.37. The third kappa shape index (κ3) is 7.34. The van der Waals surface area contributed by atoms with Gasteiger partial charge in [-0.1, -0.05) is 0 Å². The van der Waals surface area contributed by atoms with E-state index in [9.17, 15) is 24.2 Å². The van der Waals surface area contributed by atoms with Crippen LogP contribution in [0.3, 0.4) is 0 Å². The Balaban J connectivity index is 1.70. The lowest BCUT2D eigenvalue weighted by atomic mass is 9.91. The van der Waals surface area contributed by atoms with E-state index in [1.807, 2.05) is 6.07 Å². The Bertz CT molecular complexity index is 1420. The molecule has 2 fully saturated rings. The van der Waals surface area contributed by atoms with E-state index in [1.54, 1.807) is 19.9 Å². The molecule has 2 aliphatic rings. The number of fused-ring (bicyclic) bond motifs is 1. The van der Waals surface area contributed by atoms with Crippen LogP contribution in [0, 0.1) is 23.2 Å². The maximum atomic E-state index is 13.2. The maximum absolute atomic E-state index is 13.2. The smallest absolute Gasteiger partial charge is 0.323 e. The van der Waals surface area contributed by atoms with Gasteiger partial charge in [-0.25, -0.2) is 14.6 Å². The molecule has 0 saturated carbocycles. The van der Waals surface area contributed by atoms with Gasteiger partial charge in [0.05, 0.1) is 38.2 Å². The molecule has 4 rings (SSSR count). The van der Waals surface area contributed by atoms with Gasteiger partial charge in [-0.05, 0) is 32.9 Å². The molecule has 2 saturated heterocycles. The number of anilines is 1. The number of hydrogen-bond acceptors (Lipinski definition) is 15. The standard InChI is InChI=1S/C26H35N6O11P/c1-14(2)41-23(33)15(3)31-44(36)40-12-26(11-27,37-4)21(43-25(35)17-9-39-10-17)20(42-24(34)16-7-38-8-16)18-5-6-19-22(28)29-13-30-32(18)19/h5-6,13-17,20-21,44H,7-10,12H2,1-4H3,(H,31,36)(H2,28,29,30)/t15-,20-,21-,26+/m0/s1. The number of aromatic nitrogens is 3. The van der Waals surface area contributed by atoms with Crippen molar-refractivity contribution >= 4 is 37.4 Å². The predicted molar refractivity (Wildman–Crippen MR) is 149 cm³/mol. The van der Waals surface area contributed by atoms with Gasteiger partial charge in [0.25, 0.3) is 8.18 Å². The van der Waals surface area contributed by atoms with Gasteiger partial charge in [0.2, 0.25) is 5.60 Å². The molecule has 1 unspecified atom stereocenters. The van der Waals surface area contributed by atoms with Crippen molar-refractivity contribution < 1.29 is 51.9 Å². The summed E-state index contributed by atoms with van der Waals surface area (Å²) >= 11 is 0. The molecule has 5 atom stereocenters. The lowest BCUT2D eigenvalue weighted by Gasteiger charge is -2.39. The van der Waals surface area contributed by atoms with Crippen LogP contribution in [0.2, 0.25) is 0 Å². The molecule has 3 N–H and O–H groups in total. The van der Waals surface area contributed by atoms with Crippen LogP contribution in [0.25, 0.3) is 5.52 Å². The van der Waals surface area contributed by atoms with E-state index in [2.05, 4.69) is 15.2 Å². The molecular formula is C26H35N6O11P. The Kier molecular flexibility index (Phi) is 10.9. The quantitative estimate of drug-likeness (QED) is 0.152. The van der Waals surface area contributed by atoms with E-state index in [0.29, 0.717) is 5.52 Å². The molecule has 0 bridgehead atoms. The Hall–Kier alpha value is -3.65. The predicted octanol–water partition coefficient (Wildman–Crippen LogP) is 0.345. The van der Waals surface area contributed by atoms with Gasteiger partial charge in [0.1, 0.15) is 42.4 Å². The van der Waals surface area contributed by atoms with E-state index in [-0.39, 0.29) is 37.9 Å². The molecule has 17 nitrogen and oxygen atoms in total. The molecular weight excluding hydrogens is 603 g/mol.